The third-order valence-electron chi connectivity index (χ3n) is 10.9. The summed E-state index contributed by atoms with van der Waals surface area (Å²) in [5, 5.41) is 24.5. The van der Waals surface area contributed by atoms with Gasteiger partial charge in [0.05, 0.1) is 39.3 Å². The van der Waals surface area contributed by atoms with Crippen LogP contribution in [0.1, 0.15) is 64.2 Å². The van der Waals surface area contributed by atoms with Crippen LogP contribution in [0.25, 0.3) is 0 Å². The Morgan fingerprint density at radius 3 is 0.632 bits per heavy atom. The van der Waals surface area contributed by atoms with E-state index in [1.807, 2.05) is 101 Å². The van der Waals surface area contributed by atoms with Crippen LogP contribution in [-0.4, -0.2) is 252 Å². The molecular weight excluding hydrogens is 1300 g/mol. The fraction of sp³-hybridized carbons (Fsp3) is 0.756. The number of hydrogen-bond donors (Lipinski definition) is 0. The number of nitrogens with zero attached hydrogens (tertiary/aromatic N) is 12. The van der Waals surface area contributed by atoms with Crippen LogP contribution < -0.4 is 349 Å². The maximum Gasteiger partial charge on any atom is 1.00 e. The smallest absolute Gasteiger partial charge is 0.358 e. The van der Waals surface area contributed by atoms with Gasteiger partial charge in [-0.3, -0.25) is 24.0 Å². The van der Waals surface area contributed by atoms with Crippen LogP contribution in [0.2, 0.25) is 0 Å². The van der Waals surface area contributed by atoms with E-state index in [1.165, 1.54) is 38.8 Å². The average molecular weight is 1400 g/mol. The van der Waals surface area contributed by atoms with E-state index in [0.717, 1.165) is 51.9 Å². The number of ketones is 5. The number of hydrogen-bond acceptors (Lipinski definition) is 17. The Balaban J connectivity index is -0.0000000535. The fourth-order valence-corrected chi connectivity index (χ4v) is 6.26. The molecule has 0 saturated carbocycles. The van der Waals surface area contributed by atoms with E-state index < -0.39 is 0 Å². The third kappa shape index (κ3) is 52.8. The molecule has 6 heterocycles. The van der Waals surface area contributed by atoms with Gasteiger partial charge in [0.15, 0.2) is 5.78 Å². The summed E-state index contributed by atoms with van der Waals surface area (Å²) in [6, 6.07) is 0. The van der Waals surface area contributed by atoms with Crippen molar-refractivity contribution in [1.29, 1.82) is 0 Å². The zero-order valence-corrected chi connectivity index (χ0v) is 79.0. The Hall–Kier alpha value is 8.70. The van der Waals surface area contributed by atoms with Crippen LogP contribution in [0.4, 0.5) is 0 Å². The Kier molecular flexibility index (Phi) is 97.7. The van der Waals surface area contributed by atoms with Crippen LogP contribution in [0, 0.1) is 44.6 Å². The summed E-state index contributed by atoms with van der Waals surface area (Å²) < 4.78 is 0. The second kappa shape index (κ2) is 63.3. The van der Waals surface area contributed by atoms with Crippen molar-refractivity contribution in [2.45, 2.75) is 64.2 Å². The first kappa shape index (κ1) is 105. The Labute approximate surface area is 715 Å². The van der Waals surface area contributed by atoms with Crippen LogP contribution in [0.5, 0.6) is 0 Å². The number of likely N-dealkylation sites (N-methyl/N-ethyl adjacent to an activating group) is 6. The summed E-state index contributed by atoms with van der Waals surface area (Å²) in [6.07, 6.45) is 10.5. The first-order valence-corrected chi connectivity index (χ1v) is 20.4. The van der Waals surface area contributed by atoms with Gasteiger partial charge in [0.1, 0.15) is 23.1 Å². The van der Waals surface area contributed by atoms with Crippen molar-refractivity contribution < 1.29 is 373 Å². The summed E-state index contributed by atoms with van der Waals surface area (Å²) in [6.45, 7) is 9.69. The van der Waals surface area contributed by atoms with Crippen molar-refractivity contribution in [2.75, 3.05) is 163 Å². The zero-order chi connectivity index (χ0) is 42.4. The molecule has 0 aromatic carbocycles. The van der Waals surface area contributed by atoms with Crippen molar-refractivity contribution in [3.63, 3.8) is 0 Å². The molecule has 6 aliphatic heterocycles. The Morgan fingerprint density at radius 2 is 0.397 bits per heavy atom. The van der Waals surface area contributed by atoms with Gasteiger partial charge in [-0.15, -0.1) is 0 Å². The van der Waals surface area contributed by atoms with Crippen molar-refractivity contribution >= 4 is 28.9 Å². The molecule has 6 aliphatic rings. The van der Waals surface area contributed by atoms with Crippen LogP contribution >= 0.6 is 0 Å². The molecule has 6 rings (SSSR count). The van der Waals surface area contributed by atoms with E-state index >= 15 is 0 Å². The SMILES string of the molecule is CN1CC(=O)CN1C.CN1CCC(=O)CN1C.CN1CCC(=O)CN1C.CN1CCCC(=O)CN1C.CN1CCCC(=O)CN1C.CN1CCCCCCN1C.[CH3-].[CH3-].[CH3-].[CH3-].[CH3-].[CH3-].[Rb+].[Rb+].[Rb+].[Rb+].[Rb+].[Rb+]. The minimum absolute atomic E-state index is 0. The zero-order valence-electron chi connectivity index (χ0n) is 49.5. The Morgan fingerprint density at radius 1 is 0.221 bits per heavy atom. The first-order chi connectivity index (χ1) is 26.3. The summed E-state index contributed by atoms with van der Waals surface area (Å²) in [5.41, 5.74) is 0. The molecule has 0 bridgehead atoms. The van der Waals surface area contributed by atoms with Gasteiger partial charge in [-0.25, -0.2) is 60.1 Å². The van der Waals surface area contributed by atoms with Crippen LogP contribution in [0.15, 0.2) is 0 Å². The summed E-state index contributed by atoms with van der Waals surface area (Å²) >= 11 is 0. The number of carbonyl (C=O) groups excluding carboxylic acids is 5. The number of rotatable bonds is 0. The second-order valence-corrected chi connectivity index (χ2v) is 16.0. The molecule has 17 nitrogen and oxygen atoms in total. The maximum atomic E-state index is 11.0. The van der Waals surface area contributed by atoms with E-state index in [4.69, 9.17) is 0 Å². The molecule has 0 aliphatic carbocycles. The standard InChI is InChI=1S/C8H18N2.2C7H14N2O.2C6H12N2O.C5H10N2O.6CH3.6Rb/c1-9-7-5-3-4-6-8-10(9)2;2*1-8-5-3-4-7(10)6-9(8)2;2*1-7-4-3-6(9)5-8(7)2;1-6-3-5(8)4-7(6)2;;;;;;;;;;;;/h3-8H2,1-2H3;2*3-6H2,1-2H3;2*3-5H2,1-2H3;3-4H2,1-2H3;6*1H3;;;;;;/q;;;;;;6*-1;6*+1. The molecule has 0 N–H and O–H groups in total. The average Bonchev–Trinajstić information content (AvgIpc) is 3.23. The van der Waals surface area contributed by atoms with Crippen LogP contribution in [0.3, 0.4) is 0 Å². The molecule has 6 fully saturated rings. The molecule has 0 radical (unpaired) electrons. The van der Waals surface area contributed by atoms with E-state index in [2.05, 4.69) is 44.1 Å². The molecule has 0 atom stereocenters. The van der Waals surface area contributed by atoms with Crippen LogP contribution in [-0.2, 0) is 24.0 Å². The minimum atomic E-state index is 0. The number of hydrazine groups is 6. The van der Waals surface area contributed by atoms with Gasteiger partial charge in [0, 0.05) is 150 Å². The number of carbonyl (C=O) groups is 5. The molecule has 0 amide bonds. The van der Waals surface area contributed by atoms with Crippen molar-refractivity contribution in [3.8, 4) is 0 Å². The molecule has 23 heteroatoms. The van der Waals surface area contributed by atoms with E-state index in [1.54, 1.807) is 0 Å². The van der Waals surface area contributed by atoms with Crippen molar-refractivity contribution in [3.05, 3.63) is 44.6 Å². The van der Waals surface area contributed by atoms with Gasteiger partial charge in [0.2, 0.25) is 0 Å². The first-order valence-electron chi connectivity index (χ1n) is 20.4. The van der Waals surface area contributed by atoms with Crippen molar-refractivity contribution in [1.82, 2.24) is 60.1 Å². The van der Waals surface area contributed by atoms with Gasteiger partial charge in [-0.05, 0) is 25.7 Å². The molecule has 0 unspecified atom stereocenters. The molecule has 0 aromatic rings. The molecule has 374 valence electrons. The van der Waals surface area contributed by atoms with Gasteiger partial charge in [0.25, 0.3) is 0 Å². The predicted molar refractivity (Wildman–Crippen MR) is 261 cm³/mol. The van der Waals surface area contributed by atoms with E-state index in [9.17, 15) is 24.0 Å². The normalized spacial score (nSPS) is 20.6. The molecule has 0 aromatic heterocycles. The quantitative estimate of drug-likeness (QED) is 0.213. The maximum absolute atomic E-state index is 11.0. The van der Waals surface area contributed by atoms with Gasteiger partial charge >= 0.3 is 349 Å². The Bertz CT molecular complexity index is 1130. The van der Waals surface area contributed by atoms with E-state index in [-0.39, 0.29) is 394 Å². The van der Waals surface area contributed by atoms with Crippen molar-refractivity contribution in [2.24, 2.45) is 0 Å². The second-order valence-electron chi connectivity index (χ2n) is 16.0. The third-order valence-corrected chi connectivity index (χ3v) is 10.9. The molecule has 0 spiro atoms. The summed E-state index contributed by atoms with van der Waals surface area (Å²) in [4.78, 5) is 54.0. The van der Waals surface area contributed by atoms with Gasteiger partial charge in [-0.2, -0.15) is 0 Å². The van der Waals surface area contributed by atoms with Gasteiger partial charge < -0.3 is 44.6 Å². The largest absolute Gasteiger partial charge is 1.00 e. The minimum Gasteiger partial charge on any atom is -0.358 e. The molecule has 6 saturated heterocycles. The van der Waals surface area contributed by atoms with E-state index in [0.29, 0.717) is 81.0 Å². The summed E-state index contributed by atoms with van der Waals surface area (Å²) in [5.74, 6) is 1.69. The molecular formula is C45H98N12O5Rb6. The summed E-state index contributed by atoms with van der Waals surface area (Å²) in [7, 11) is 23.9. The topological polar surface area (TPSA) is 124 Å². The monoisotopic (exact) mass is 1400 g/mol. The molecule has 68 heavy (non-hydrogen) atoms. The predicted octanol–water partition coefficient (Wildman–Crippen LogP) is -14.9. The fourth-order valence-electron chi connectivity index (χ4n) is 6.26. The van der Waals surface area contributed by atoms with Gasteiger partial charge in [-0.1, -0.05) is 12.8 Å². The number of Topliss-reactive ketones (excluding diaryl/α,β-unsaturated/α-hetero) is 5.